The van der Waals surface area contributed by atoms with Crippen molar-refractivity contribution < 1.29 is 4.39 Å². The average Bonchev–Trinajstić information content (AvgIpc) is 2.77. The topological polar surface area (TPSA) is 54.2 Å². The van der Waals surface area contributed by atoms with Crippen LogP contribution in [-0.4, -0.2) is 36.1 Å². The highest BCUT2D eigenvalue weighted by Crippen LogP contribution is 2.21. The fourth-order valence-corrected chi connectivity index (χ4v) is 2.54. The van der Waals surface area contributed by atoms with Crippen LogP contribution in [0.3, 0.4) is 0 Å². The maximum absolute atomic E-state index is 13.1. The molecule has 2 heterocycles. The van der Waals surface area contributed by atoms with E-state index in [-0.39, 0.29) is 5.41 Å². The molecule has 0 saturated carbocycles. The van der Waals surface area contributed by atoms with Gasteiger partial charge in [0.05, 0.1) is 0 Å². The van der Waals surface area contributed by atoms with Gasteiger partial charge in [0.1, 0.15) is 5.82 Å². The molecule has 1 saturated heterocycles. The number of rotatable bonds is 5. The summed E-state index contributed by atoms with van der Waals surface area (Å²) in [5, 5.41) is 3.18. The number of pyridine rings is 1. The third-order valence-electron chi connectivity index (χ3n) is 3.41. The number of aromatic nitrogens is 1. The molecule has 0 aromatic carbocycles. The summed E-state index contributed by atoms with van der Waals surface area (Å²) in [7, 11) is 0. The first-order valence-corrected chi connectivity index (χ1v) is 6.84. The molecular formula is C14H23FN4. The van der Waals surface area contributed by atoms with Crippen LogP contribution in [-0.2, 0) is 0 Å². The average molecular weight is 266 g/mol. The van der Waals surface area contributed by atoms with Gasteiger partial charge in [-0.3, -0.25) is 0 Å². The van der Waals surface area contributed by atoms with Gasteiger partial charge in [0, 0.05) is 30.9 Å². The molecule has 0 aliphatic carbocycles. The Bertz CT molecular complexity index is 407. The van der Waals surface area contributed by atoms with Gasteiger partial charge in [-0.2, -0.15) is 4.39 Å². The zero-order valence-corrected chi connectivity index (χ0v) is 11.7. The van der Waals surface area contributed by atoms with E-state index in [0.29, 0.717) is 11.5 Å². The third kappa shape index (κ3) is 4.35. The van der Waals surface area contributed by atoms with Crippen LogP contribution in [0.1, 0.15) is 26.7 Å². The van der Waals surface area contributed by atoms with E-state index in [4.69, 9.17) is 5.73 Å². The molecule has 0 amide bonds. The molecule has 0 spiro atoms. The quantitative estimate of drug-likeness (QED) is 0.803. The monoisotopic (exact) mass is 266 g/mol. The fourth-order valence-electron chi connectivity index (χ4n) is 2.54. The Hall–Kier alpha value is -1.36. The van der Waals surface area contributed by atoms with Crippen molar-refractivity contribution in [2.24, 2.45) is 5.41 Å². The van der Waals surface area contributed by atoms with Crippen LogP contribution in [0.25, 0.3) is 0 Å². The molecule has 1 aliphatic rings. The van der Waals surface area contributed by atoms with E-state index in [1.807, 2.05) is 0 Å². The summed E-state index contributed by atoms with van der Waals surface area (Å²) in [6.07, 6.45) is 2.59. The third-order valence-corrected chi connectivity index (χ3v) is 3.41. The van der Waals surface area contributed by atoms with E-state index >= 15 is 0 Å². The lowest BCUT2D eigenvalue weighted by Gasteiger charge is -2.30. The van der Waals surface area contributed by atoms with E-state index in [1.165, 1.54) is 32.0 Å². The summed E-state index contributed by atoms with van der Waals surface area (Å²) in [6.45, 7) is 8.59. The molecule has 1 aliphatic heterocycles. The van der Waals surface area contributed by atoms with Gasteiger partial charge in [0.2, 0.25) is 5.95 Å². The zero-order valence-electron chi connectivity index (χ0n) is 11.7. The number of likely N-dealkylation sites (tertiary alicyclic amines) is 1. The lowest BCUT2D eigenvalue weighted by molar-refractivity contribution is 0.220. The van der Waals surface area contributed by atoms with Crippen molar-refractivity contribution >= 4 is 11.5 Å². The normalized spacial score (nSPS) is 16.8. The lowest BCUT2D eigenvalue weighted by atomic mass is 9.93. The number of hydrogen-bond acceptors (Lipinski definition) is 4. The van der Waals surface area contributed by atoms with Gasteiger partial charge in [0.15, 0.2) is 0 Å². The minimum absolute atomic E-state index is 0.118. The highest BCUT2D eigenvalue weighted by molar-refractivity contribution is 5.48. The van der Waals surface area contributed by atoms with Gasteiger partial charge in [-0.25, -0.2) is 4.98 Å². The SMILES string of the molecule is CC(C)(CNc1cc(N)cc(F)n1)CN1CCCC1. The summed E-state index contributed by atoms with van der Waals surface area (Å²) in [4.78, 5) is 6.28. The molecular weight excluding hydrogens is 243 g/mol. The van der Waals surface area contributed by atoms with E-state index in [2.05, 4.69) is 29.0 Å². The summed E-state index contributed by atoms with van der Waals surface area (Å²) >= 11 is 0. The number of nitrogen functional groups attached to an aromatic ring is 1. The number of nitrogens with zero attached hydrogens (tertiary/aromatic N) is 2. The second-order valence-corrected chi connectivity index (χ2v) is 6.11. The van der Waals surface area contributed by atoms with Gasteiger partial charge < -0.3 is 16.0 Å². The molecule has 1 fully saturated rings. The molecule has 0 atom stereocenters. The second kappa shape index (κ2) is 5.74. The van der Waals surface area contributed by atoms with Gasteiger partial charge in [-0.15, -0.1) is 0 Å². The Morgan fingerprint density at radius 2 is 2.05 bits per heavy atom. The van der Waals surface area contributed by atoms with Crippen LogP contribution in [0.4, 0.5) is 15.9 Å². The Morgan fingerprint density at radius 3 is 2.68 bits per heavy atom. The standard InChI is InChI=1S/C14H23FN4/c1-14(2,10-19-5-3-4-6-19)9-17-13-8-11(16)7-12(15)18-13/h7-8H,3-6,9-10H2,1-2H3,(H3,16,17,18). The Morgan fingerprint density at radius 1 is 1.37 bits per heavy atom. The molecule has 3 N–H and O–H groups in total. The minimum atomic E-state index is -0.542. The number of nitrogens with one attached hydrogen (secondary N) is 1. The zero-order chi connectivity index (χ0) is 13.9. The van der Waals surface area contributed by atoms with Crippen molar-refractivity contribution in [3.05, 3.63) is 18.1 Å². The number of hydrogen-bond donors (Lipinski definition) is 2. The first-order chi connectivity index (χ1) is 8.94. The van der Waals surface area contributed by atoms with Gasteiger partial charge in [-0.05, 0) is 31.3 Å². The Labute approximate surface area is 114 Å². The minimum Gasteiger partial charge on any atom is -0.398 e. The van der Waals surface area contributed by atoms with Crippen LogP contribution in [0.2, 0.25) is 0 Å². The summed E-state index contributed by atoms with van der Waals surface area (Å²) in [5.41, 5.74) is 6.12. The molecule has 1 aromatic rings. The number of halogens is 1. The van der Waals surface area contributed by atoms with Crippen LogP contribution < -0.4 is 11.1 Å². The smallest absolute Gasteiger partial charge is 0.216 e. The van der Waals surface area contributed by atoms with Crippen LogP contribution in [0.5, 0.6) is 0 Å². The molecule has 1 aromatic heterocycles. The van der Waals surface area contributed by atoms with Crippen molar-refractivity contribution in [1.29, 1.82) is 0 Å². The molecule has 5 heteroatoms. The highest BCUT2D eigenvalue weighted by atomic mass is 19.1. The predicted octanol–water partition coefficient (Wildman–Crippen LogP) is 2.34. The second-order valence-electron chi connectivity index (χ2n) is 6.11. The Kier molecular flexibility index (Phi) is 4.24. The van der Waals surface area contributed by atoms with E-state index in [9.17, 15) is 4.39 Å². The maximum atomic E-state index is 13.1. The van der Waals surface area contributed by atoms with Crippen molar-refractivity contribution in [2.75, 3.05) is 37.2 Å². The van der Waals surface area contributed by atoms with Crippen LogP contribution in [0.15, 0.2) is 12.1 Å². The number of nitrogens with two attached hydrogens (primary N) is 1. The van der Waals surface area contributed by atoms with Gasteiger partial charge >= 0.3 is 0 Å². The Balaban J connectivity index is 1.88. The lowest BCUT2D eigenvalue weighted by Crippen LogP contribution is -2.37. The summed E-state index contributed by atoms with van der Waals surface area (Å²) in [6, 6.07) is 2.88. The van der Waals surface area contributed by atoms with E-state index < -0.39 is 5.95 Å². The maximum Gasteiger partial charge on any atom is 0.216 e. The van der Waals surface area contributed by atoms with Crippen molar-refractivity contribution in [1.82, 2.24) is 9.88 Å². The molecule has 2 rings (SSSR count). The molecule has 4 nitrogen and oxygen atoms in total. The highest BCUT2D eigenvalue weighted by Gasteiger charge is 2.23. The van der Waals surface area contributed by atoms with Gasteiger partial charge in [-0.1, -0.05) is 13.8 Å². The summed E-state index contributed by atoms with van der Waals surface area (Å²) in [5.74, 6) is -0.0353. The van der Waals surface area contributed by atoms with Gasteiger partial charge in [0.25, 0.3) is 0 Å². The van der Waals surface area contributed by atoms with E-state index in [0.717, 1.165) is 13.1 Å². The summed E-state index contributed by atoms with van der Waals surface area (Å²) < 4.78 is 13.1. The molecule has 0 radical (unpaired) electrons. The molecule has 0 bridgehead atoms. The van der Waals surface area contributed by atoms with Crippen LogP contribution in [0, 0.1) is 11.4 Å². The fraction of sp³-hybridized carbons (Fsp3) is 0.643. The van der Waals surface area contributed by atoms with Crippen molar-refractivity contribution in [2.45, 2.75) is 26.7 Å². The number of anilines is 2. The largest absolute Gasteiger partial charge is 0.398 e. The first-order valence-electron chi connectivity index (χ1n) is 6.84. The first kappa shape index (κ1) is 14.1. The molecule has 0 unspecified atom stereocenters. The molecule has 19 heavy (non-hydrogen) atoms. The molecule has 106 valence electrons. The predicted molar refractivity (Wildman–Crippen MR) is 76.6 cm³/mol. The van der Waals surface area contributed by atoms with Crippen molar-refractivity contribution in [3.8, 4) is 0 Å². The van der Waals surface area contributed by atoms with Crippen LogP contribution >= 0.6 is 0 Å². The van der Waals surface area contributed by atoms with E-state index in [1.54, 1.807) is 6.07 Å². The van der Waals surface area contributed by atoms with Crippen molar-refractivity contribution in [3.63, 3.8) is 0 Å².